The van der Waals surface area contributed by atoms with Crippen LogP contribution < -0.4 is 0 Å². The van der Waals surface area contributed by atoms with Gasteiger partial charge in [-0.1, -0.05) is 72.9 Å². The summed E-state index contributed by atoms with van der Waals surface area (Å²) in [6.07, 6.45) is 7.99. The molecular formula is C16H18. The van der Waals surface area contributed by atoms with Crippen molar-refractivity contribution in [3.63, 3.8) is 0 Å². The van der Waals surface area contributed by atoms with E-state index in [1.54, 1.807) is 0 Å². The Labute approximate surface area is 98.3 Å². The first-order valence-corrected chi connectivity index (χ1v) is 5.35. The van der Waals surface area contributed by atoms with Crippen molar-refractivity contribution in [2.75, 3.05) is 0 Å². The molecule has 0 saturated carbocycles. The molecule has 82 valence electrons. The molecule has 0 bridgehead atoms. The number of benzene rings is 1. The number of allylic oxidation sites excluding steroid dienone is 5. The number of rotatable bonds is 4. The predicted molar refractivity (Wildman–Crippen MR) is 73.3 cm³/mol. The fourth-order valence-corrected chi connectivity index (χ4v) is 1.19. The van der Waals surface area contributed by atoms with Crippen molar-refractivity contribution in [2.24, 2.45) is 0 Å². The molecule has 0 spiro atoms. The minimum Gasteiger partial charge on any atom is -0.0961 e. The molecule has 0 saturated heterocycles. The zero-order chi connectivity index (χ0) is 12.0. The van der Waals surface area contributed by atoms with Gasteiger partial charge < -0.3 is 0 Å². The van der Waals surface area contributed by atoms with E-state index in [2.05, 4.69) is 50.4 Å². The number of hydrogen-bond donors (Lipinski definition) is 0. The zero-order valence-electron chi connectivity index (χ0n) is 10.0. The molecule has 0 aliphatic carbocycles. The quantitative estimate of drug-likeness (QED) is 0.632. The van der Waals surface area contributed by atoms with Crippen molar-refractivity contribution in [1.29, 1.82) is 0 Å². The Balaban J connectivity index is 2.63. The summed E-state index contributed by atoms with van der Waals surface area (Å²) in [5.41, 5.74) is 4.47. The molecule has 0 heteroatoms. The topological polar surface area (TPSA) is 0 Å². The van der Waals surface area contributed by atoms with Crippen LogP contribution in [0.2, 0.25) is 0 Å². The Hall–Kier alpha value is -1.82. The lowest BCUT2D eigenvalue weighted by molar-refractivity contribution is 1.46. The Morgan fingerprint density at radius 2 is 1.62 bits per heavy atom. The molecular weight excluding hydrogens is 192 g/mol. The molecule has 1 rings (SSSR count). The van der Waals surface area contributed by atoms with Crippen molar-refractivity contribution >= 4 is 6.08 Å². The van der Waals surface area contributed by atoms with Gasteiger partial charge in [0.25, 0.3) is 0 Å². The monoisotopic (exact) mass is 210 g/mol. The molecule has 0 aliphatic rings. The molecule has 0 unspecified atom stereocenters. The maximum absolute atomic E-state index is 3.94. The van der Waals surface area contributed by atoms with Crippen molar-refractivity contribution in [2.45, 2.75) is 13.8 Å². The smallest absolute Gasteiger partial charge is 0.0256 e. The normalized spacial score (nSPS) is 11.1. The van der Waals surface area contributed by atoms with Crippen LogP contribution in [0.5, 0.6) is 0 Å². The summed E-state index contributed by atoms with van der Waals surface area (Å²) in [6.45, 7) is 11.8. The lowest BCUT2D eigenvalue weighted by Gasteiger charge is -1.95. The number of aryl methyl sites for hydroxylation is 1. The van der Waals surface area contributed by atoms with Gasteiger partial charge in [0.1, 0.15) is 0 Å². The first-order valence-electron chi connectivity index (χ1n) is 5.35. The average Bonchev–Trinajstić information content (AvgIpc) is 2.25. The second-order valence-electron chi connectivity index (χ2n) is 4.00. The molecule has 0 aliphatic heterocycles. The van der Waals surface area contributed by atoms with E-state index in [1.807, 2.05) is 25.2 Å². The van der Waals surface area contributed by atoms with Crippen LogP contribution in [-0.4, -0.2) is 0 Å². The van der Waals surface area contributed by atoms with Crippen LogP contribution in [-0.2, 0) is 0 Å². The molecule has 0 N–H and O–H groups in total. The third-order valence-corrected chi connectivity index (χ3v) is 2.15. The van der Waals surface area contributed by atoms with E-state index in [1.165, 1.54) is 11.1 Å². The van der Waals surface area contributed by atoms with Crippen LogP contribution in [0.15, 0.2) is 66.8 Å². The fraction of sp³-hybridized carbons (Fsp3) is 0.125. The van der Waals surface area contributed by atoms with E-state index in [0.717, 1.165) is 11.1 Å². The second-order valence-corrected chi connectivity index (χ2v) is 4.00. The third-order valence-electron chi connectivity index (χ3n) is 2.15. The van der Waals surface area contributed by atoms with Crippen LogP contribution in [0.4, 0.5) is 0 Å². The van der Waals surface area contributed by atoms with Gasteiger partial charge in [-0.3, -0.25) is 0 Å². The van der Waals surface area contributed by atoms with Gasteiger partial charge in [0, 0.05) is 0 Å². The van der Waals surface area contributed by atoms with Crippen LogP contribution in [0.25, 0.3) is 6.08 Å². The lowest BCUT2D eigenvalue weighted by Crippen LogP contribution is -1.74. The van der Waals surface area contributed by atoms with Crippen molar-refractivity contribution in [3.05, 3.63) is 77.9 Å². The highest BCUT2D eigenvalue weighted by Gasteiger charge is 1.86. The van der Waals surface area contributed by atoms with Crippen LogP contribution >= 0.6 is 0 Å². The summed E-state index contributed by atoms with van der Waals surface area (Å²) in [4.78, 5) is 0. The minimum absolute atomic E-state index is 0.976. The Bertz CT molecular complexity index is 428. The maximum Gasteiger partial charge on any atom is -0.0256 e. The van der Waals surface area contributed by atoms with Crippen molar-refractivity contribution in [3.8, 4) is 0 Å². The molecule has 1 aromatic rings. The van der Waals surface area contributed by atoms with Gasteiger partial charge in [-0.25, -0.2) is 0 Å². The largest absolute Gasteiger partial charge is 0.0961 e. The first kappa shape index (κ1) is 12.3. The highest BCUT2D eigenvalue weighted by molar-refractivity contribution is 5.54. The molecule has 16 heavy (non-hydrogen) atoms. The molecule has 0 atom stereocenters. The minimum atomic E-state index is 0.976. The lowest BCUT2D eigenvalue weighted by atomic mass is 10.1. The SMILES string of the molecule is C=C(C)/C=C\C(=C)/C=C/c1ccc(C)cc1. The average molecular weight is 210 g/mol. The summed E-state index contributed by atoms with van der Waals surface area (Å²) in [6, 6.07) is 8.40. The summed E-state index contributed by atoms with van der Waals surface area (Å²) in [7, 11) is 0. The van der Waals surface area contributed by atoms with Gasteiger partial charge in [0.15, 0.2) is 0 Å². The molecule has 0 heterocycles. The first-order chi connectivity index (χ1) is 7.58. The van der Waals surface area contributed by atoms with E-state index in [9.17, 15) is 0 Å². The molecule has 0 amide bonds. The summed E-state index contributed by atoms with van der Waals surface area (Å²) >= 11 is 0. The Kier molecular flexibility index (Phi) is 4.53. The maximum atomic E-state index is 3.94. The van der Waals surface area contributed by atoms with Gasteiger partial charge in [-0.05, 0) is 25.0 Å². The van der Waals surface area contributed by atoms with E-state index < -0.39 is 0 Å². The second kappa shape index (κ2) is 5.92. The van der Waals surface area contributed by atoms with Gasteiger partial charge in [0.2, 0.25) is 0 Å². The standard InChI is InChI=1S/C16H18/c1-13(2)5-6-14(3)7-10-16-11-8-15(4)9-12-16/h5-12H,1,3H2,2,4H3/b6-5-,10-7+. The van der Waals surface area contributed by atoms with E-state index in [-0.39, 0.29) is 0 Å². The summed E-state index contributed by atoms with van der Waals surface area (Å²) in [5, 5.41) is 0. The Morgan fingerprint density at radius 3 is 2.19 bits per heavy atom. The van der Waals surface area contributed by atoms with Gasteiger partial charge in [-0.2, -0.15) is 0 Å². The highest BCUT2D eigenvalue weighted by Crippen LogP contribution is 2.07. The fourth-order valence-electron chi connectivity index (χ4n) is 1.19. The highest BCUT2D eigenvalue weighted by atomic mass is 13.9. The van der Waals surface area contributed by atoms with Crippen molar-refractivity contribution in [1.82, 2.24) is 0 Å². The molecule has 0 fully saturated rings. The predicted octanol–water partition coefficient (Wildman–Crippen LogP) is 4.70. The summed E-state index contributed by atoms with van der Waals surface area (Å²) in [5.74, 6) is 0. The van der Waals surface area contributed by atoms with Gasteiger partial charge in [0.05, 0.1) is 0 Å². The van der Waals surface area contributed by atoms with Crippen LogP contribution in [0.1, 0.15) is 18.1 Å². The van der Waals surface area contributed by atoms with Gasteiger partial charge >= 0.3 is 0 Å². The molecule has 0 aromatic heterocycles. The summed E-state index contributed by atoms with van der Waals surface area (Å²) < 4.78 is 0. The van der Waals surface area contributed by atoms with E-state index >= 15 is 0 Å². The molecule has 1 aromatic carbocycles. The molecule has 0 nitrogen and oxygen atoms in total. The van der Waals surface area contributed by atoms with E-state index in [0.29, 0.717) is 0 Å². The number of hydrogen-bond acceptors (Lipinski definition) is 0. The van der Waals surface area contributed by atoms with E-state index in [4.69, 9.17) is 0 Å². The van der Waals surface area contributed by atoms with Crippen LogP contribution in [0, 0.1) is 6.92 Å². The van der Waals surface area contributed by atoms with Crippen LogP contribution in [0.3, 0.4) is 0 Å². The van der Waals surface area contributed by atoms with Crippen molar-refractivity contribution < 1.29 is 0 Å². The van der Waals surface area contributed by atoms with Gasteiger partial charge in [-0.15, -0.1) is 0 Å². The zero-order valence-corrected chi connectivity index (χ0v) is 10.0. The molecule has 0 radical (unpaired) electrons. The third kappa shape index (κ3) is 4.61. The Morgan fingerprint density at radius 1 is 1.00 bits per heavy atom.